The molecular formula is C13H13FN2O2. The Kier molecular flexibility index (Phi) is 3.23. The van der Waals surface area contributed by atoms with Crippen LogP contribution in [0.1, 0.15) is 18.4 Å². The number of hydrogen-bond acceptors (Lipinski definition) is 3. The minimum absolute atomic E-state index is 0.248. The van der Waals surface area contributed by atoms with Crippen molar-refractivity contribution in [2.75, 3.05) is 0 Å². The molecule has 0 aliphatic heterocycles. The number of fused-ring (bicyclic) bond motifs is 1. The quantitative estimate of drug-likeness (QED) is 0.905. The van der Waals surface area contributed by atoms with Crippen LogP contribution in [-0.4, -0.2) is 21.0 Å². The fraction of sp³-hybridized carbons (Fsp3) is 0.308. The molecule has 0 saturated heterocycles. The van der Waals surface area contributed by atoms with Gasteiger partial charge in [-0.3, -0.25) is 4.79 Å². The molecule has 1 aromatic carbocycles. The van der Waals surface area contributed by atoms with Crippen LogP contribution in [0.2, 0.25) is 0 Å². The Bertz CT molecular complexity index is 613. The monoisotopic (exact) mass is 248 g/mol. The Morgan fingerprint density at radius 1 is 1.44 bits per heavy atom. The normalized spacial score (nSPS) is 12.6. The van der Waals surface area contributed by atoms with Crippen molar-refractivity contribution in [1.29, 1.82) is 0 Å². The molecular weight excluding hydrogens is 235 g/mol. The van der Waals surface area contributed by atoms with Crippen LogP contribution in [0.4, 0.5) is 4.39 Å². The predicted octanol–water partition coefficient (Wildman–Crippen LogP) is 2.34. The highest BCUT2D eigenvalue weighted by Crippen LogP contribution is 2.21. The lowest BCUT2D eigenvalue weighted by Crippen LogP contribution is -2.14. The predicted molar refractivity (Wildman–Crippen MR) is 64.7 cm³/mol. The molecule has 0 radical (unpaired) electrons. The number of hydrogen-bond donors (Lipinski definition) is 1. The molecule has 2 aromatic rings. The van der Waals surface area contributed by atoms with Crippen LogP contribution >= 0.6 is 0 Å². The van der Waals surface area contributed by atoms with E-state index in [-0.39, 0.29) is 11.9 Å². The van der Waals surface area contributed by atoms with Crippen molar-refractivity contribution < 1.29 is 14.3 Å². The summed E-state index contributed by atoms with van der Waals surface area (Å²) < 4.78 is 13.6. The number of carboxylic acid groups (broad SMARTS) is 1. The van der Waals surface area contributed by atoms with E-state index in [0.717, 1.165) is 0 Å². The number of benzene rings is 1. The smallest absolute Gasteiger partial charge is 0.306 e. The zero-order chi connectivity index (χ0) is 13.3. The highest BCUT2D eigenvalue weighted by atomic mass is 19.1. The number of aliphatic carboxylic acids is 1. The fourth-order valence-electron chi connectivity index (χ4n) is 1.84. The maximum Gasteiger partial charge on any atom is 0.306 e. The highest BCUT2D eigenvalue weighted by Gasteiger charge is 2.16. The SMILES string of the molecule is Cc1nc(CC(C)C(=O)O)c2cccc(F)c2n1. The second-order valence-corrected chi connectivity index (χ2v) is 4.30. The van der Waals surface area contributed by atoms with Crippen molar-refractivity contribution in [1.82, 2.24) is 9.97 Å². The van der Waals surface area contributed by atoms with Gasteiger partial charge in [-0.2, -0.15) is 0 Å². The van der Waals surface area contributed by atoms with Crippen molar-refractivity contribution in [3.63, 3.8) is 0 Å². The molecule has 5 heteroatoms. The van der Waals surface area contributed by atoms with Gasteiger partial charge in [0.2, 0.25) is 0 Å². The summed E-state index contributed by atoms with van der Waals surface area (Å²) in [6, 6.07) is 4.62. The zero-order valence-electron chi connectivity index (χ0n) is 10.1. The lowest BCUT2D eigenvalue weighted by atomic mass is 10.0. The van der Waals surface area contributed by atoms with Crippen LogP contribution in [0, 0.1) is 18.7 Å². The van der Waals surface area contributed by atoms with Gasteiger partial charge in [0.25, 0.3) is 0 Å². The summed E-state index contributed by atoms with van der Waals surface area (Å²) in [5.74, 6) is -1.43. The number of nitrogens with zero attached hydrogens (tertiary/aromatic N) is 2. The van der Waals surface area contributed by atoms with Gasteiger partial charge in [-0.15, -0.1) is 0 Å². The first kappa shape index (κ1) is 12.4. The molecule has 18 heavy (non-hydrogen) atoms. The molecule has 1 aromatic heterocycles. The number of carbonyl (C=O) groups is 1. The first-order chi connectivity index (χ1) is 8.49. The summed E-state index contributed by atoms with van der Waals surface area (Å²) in [4.78, 5) is 19.2. The Balaban J connectivity index is 2.56. The lowest BCUT2D eigenvalue weighted by Gasteiger charge is -2.09. The van der Waals surface area contributed by atoms with E-state index in [1.807, 2.05) is 0 Å². The van der Waals surface area contributed by atoms with E-state index in [4.69, 9.17) is 5.11 Å². The van der Waals surface area contributed by atoms with E-state index in [2.05, 4.69) is 9.97 Å². The van der Waals surface area contributed by atoms with Gasteiger partial charge < -0.3 is 5.11 Å². The summed E-state index contributed by atoms with van der Waals surface area (Å²) in [6.45, 7) is 3.27. The van der Waals surface area contributed by atoms with E-state index >= 15 is 0 Å². The van der Waals surface area contributed by atoms with Crippen molar-refractivity contribution in [2.45, 2.75) is 20.3 Å². The molecule has 1 unspecified atom stereocenters. The Hall–Kier alpha value is -2.04. The van der Waals surface area contributed by atoms with Gasteiger partial charge >= 0.3 is 5.97 Å². The van der Waals surface area contributed by atoms with Crippen LogP contribution in [-0.2, 0) is 11.2 Å². The molecule has 1 atom stereocenters. The summed E-state index contributed by atoms with van der Waals surface area (Å²) in [5, 5.41) is 9.50. The molecule has 2 rings (SSSR count). The molecule has 0 aliphatic carbocycles. The molecule has 4 nitrogen and oxygen atoms in total. The summed E-state index contributed by atoms with van der Waals surface area (Å²) in [5.41, 5.74) is 0.824. The van der Waals surface area contributed by atoms with Crippen molar-refractivity contribution >= 4 is 16.9 Å². The van der Waals surface area contributed by atoms with E-state index in [9.17, 15) is 9.18 Å². The average molecular weight is 248 g/mol. The van der Waals surface area contributed by atoms with Crippen LogP contribution in [0.3, 0.4) is 0 Å². The largest absolute Gasteiger partial charge is 0.481 e. The Morgan fingerprint density at radius 2 is 2.17 bits per heavy atom. The fourth-order valence-corrected chi connectivity index (χ4v) is 1.84. The number of aromatic nitrogens is 2. The Morgan fingerprint density at radius 3 is 2.83 bits per heavy atom. The standard InChI is InChI=1S/C13H13FN2O2/c1-7(13(17)18)6-11-9-4-3-5-10(14)12(9)16-8(2)15-11/h3-5,7H,6H2,1-2H3,(H,17,18). The van der Waals surface area contributed by atoms with E-state index < -0.39 is 17.7 Å². The van der Waals surface area contributed by atoms with E-state index in [0.29, 0.717) is 16.9 Å². The summed E-state index contributed by atoms with van der Waals surface area (Å²) >= 11 is 0. The molecule has 0 bridgehead atoms. The first-order valence-corrected chi connectivity index (χ1v) is 5.63. The van der Waals surface area contributed by atoms with E-state index in [1.165, 1.54) is 6.07 Å². The molecule has 1 heterocycles. The van der Waals surface area contributed by atoms with Gasteiger partial charge in [0, 0.05) is 11.8 Å². The number of rotatable bonds is 3. The lowest BCUT2D eigenvalue weighted by molar-refractivity contribution is -0.141. The molecule has 1 N–H and O–H groups in total. The van der Waals surface area contributed by atoms with Crippen molar-refractivity contribution in [3.05, 3.63) is 35.5 Å². The van der Waals surface area contributed by atoms with Crippen LogP contribution < -0.4 is 0 Å². The molecule has 0 amide bonds. The topological polar surface area (TPSA) is 63.1 Å². The minimum atomic E-state index is -0.893. The van der Waals surface area contributed by atoms with Gasteiger partial charge in [0.1, 0.15) is 17.2 Å². The second kappa shape index (κ2) is 4.68. The van der Waals surface area contributed by atoms with Gasteiger partial charge in [0.15, 0.2) is 0 Å². The first-order valence-electron chi connectivity index (χ1n) is 5.63. The molecule has 94 valence electrons. The second-order valence-electron chi connectivity index (χ2n) is 4.30. The molecule has 0 saturated carbocycles. The third-order valence-corrected chi connectivity index (χ3v) is 2.79. The van der Waals surface area contributed by atoms with Gasteiger partial charge in [0.05, 0.1) is 11.6 Å². The Labute approximate surface area is 103 Å². The maximum absolute atomic E-state index is 13.6. The number of aryl methyl sites for hydroxylation is 1. The third-order valence-electron chi connectivity index (χ3n) is 2.79. The summed E-state index contributed by atoms with van der Waals surface area (Å²) in [7, 11) is 0. The molecule has 0 fully saturated rings. The van der Waals surface area contributed by atoms with E-state index in [1.54, 1.807) is 26.0 Å². The number of para-hydroxylation sites is 1. The summed E-state index contributed by atoms with van der Waals surface area (Å²) in [6.07, 6.45) is 0.263. The average Bonchev–Trinajstić information content (AvgIpc) is 2.30. The van der Waals surface area contributed by atoms with Crippen LogP contribution in [0.25, 0.3) is 10.9 Å². The van der Waals surface area contributed by atoms with Gasteiger partial charge in [-0.1, -0.05) is 19.1 Å². The van der Waals surface area contributed by atoms with Gasteiger partial charge in [-0.05, 0) is 13.0 Å². The van der Waals surface area contributed by atoms with Crippen molar-refractivity contribution in [3.8, 4) is 0 Å². The van der Waals surface area contributed by atoms with Crippen LogP contribution in [0.5, 0.6) is 0 Å². The maximum atomic E-state index is 13.6. The van der Waals surface area contributed by atoms with Crippen LogP contribution in [0.15, 0.2) is 18.2 Å². The molecule has 0 aliphatic rings. The molecule has 0 spiro atoms. The van der Waals surface area contributed by atoms with Gasteiger partial charge in [-0.25, -0.2) is 14.4 Å². The zero-order valence-corrected chi connectivity index (χ0v) is 10.1. The number of carboxylic acids is 1. The van der Waals surface area contributed by atoms with Crippen molar-refractivity contribution in [2.24, 2.45) is 5.92 Å². The highest BCUT2D eigenvalue weighted by molar-refractivity contribution is 5.82. The third kappa shape index (κ3) is 2.30. The minimum Gasteiger partial charge on any atom is -0.481 e. The number of halogens is 1.